The third kappa shape index (κ3) is 5.06. The van der Waals surface area contributed by atoms with Gasteiger partial charge in [0.15, 0.2) is 11.3 Å². The number of urea groups is 1. The zero-order chi connectivity index (χ0) is 29.2. The van der Waals surface area contributed by atoms with Crippen LogP contribution in [-0.2, 0) is 6.54 Å². The average Bonchev–Trinajstić information content (AvgIpc) is 3.54. The van der Waals surface area contributed by atoms with Crippen molar-refractivity contribution in [1.82, 2.24) is 40.4 Å². The number of rotatable bonds is 7. The summed E-state index contributed by atoms with van der Waals surface area (Å²) in [7, 11) is 0. The van der Waals surface area contributed by atoms with Crippen molar-refractivity contribution < 1.29 is 31.8 Å². The van der Waals surface area contributed by atoms with Gasteiger partial charge in [0.1, 0.15) is 5.69 Å². The molecule has 1 saturated heterocycles. The van der Waals surface area contributed by atoms with Crippen LogP contribution in [0, 0.1) is 17.8 Å². The molecule has 3 saturated carbocycles. The van der Waals surface area contributed by atoms with Gasteiger partial charge in [0.2, 0.25) is 5.92 Å². The van der Waals surface area contributed by atoms with Crippen LogP contribution in [0.5, 0.6) is 0 Å². The number of aromatic nitrogens is 5. The third-order valence-corrected chi connectivity index (χ3v) is 9.16. The first kappa shape index (κ1) is 27.1. The van der Waals surface area contributed by atoms with Gasteiger partial charge in [0.05, 0.1) is 24.1 Å². The van der Waals surface area contributed by atoms with Crippen molar-refractivity contribution in [3.05, 3.63) is 41.1 Å². The van der Waals surface area contributed by atoms with E-state index in [2.05, 4.69) is 26.0 Å². The summed E-state index contributed by atoms with van der Waals surface area (Å²) in [4.78, 5) is 32.1. The van der Waals surface area contributed by atoms with E-state index in [0.717, 1.165) is 12.8 Å². The van der Waals surface area contributed by atoms with E-state index in [0.29, 0.717) is 22.6 Å². The van der Waals surface area contributed by atoms with Crippen LogP contribution < -0.4 is 10.6 Å². The summed E-state index contributed by atoms with van der Waals surface area (Å²) in [5.41, 5.74) is 2.14. The second-order valence-corrected chi connectivity index (χ2v) is 12.1. The number of carbonyl (C=O) groups is 2. The molecule has 1 aliphatic heterocycles. The summed E-state index contributed by atoms with van der Waals surface area (Å²) in [6.45, 7) is 0.324. The molecule has 0 bridgehead atoms. The molecule has 11 nitrogen and oxygen atoms in total. The Morgan fingerprint density at radius 1 is 1.17 bits per heavy atom. The van der Waals surface area contributed by atoms with E-state index < -0.39 is 35.7 Å². The largest absolute Gasteiger partial charge is 0.342 e. The van der Waals surface area contributed by atoms with Crippen molar-refractivity contribution in [2.45, 2.75) is 75.3 Å². The third-order valence-electron chi connectivity index (χ3n) is 9.16. The Morgan fingerprint density at radius 3 is 2.69 bits per heavy atom. The molecule has 3 atom stereocenters. The molecular formula is C27H30F4N8O3. The monoisotopic (exact) mass is 590 g/mol. The van der Waals surface area contributed by atoms with Crippen LogP contribution in [0.15, 0.2) is 23.1 Å². The molecule has 4 heterocycles. The molecule has 0 aromatic carbocycles. The number of nitrogens with one attached hydrogen (secondary N) is 2. The summed E-state index contributed by atoms with van der Waals surface area (Å²) in [5, 5.41) is 17.7. The second kappa shape index (κ2) is 9.90. The fourth-order valence-corrected chi connectivity index (χ4v) is 6.55. The summed E-state index contributed by atoms with van der Waals surface area (Å²) in [6.07, 6.45) is 4.59. The van der Waals surface area contributed by atoms with Crippen molar-refractivity contribution >= 4 is 17.6 Å². The summed E-state index contributed by atoms with van der Waals surface area (Å²) >= 11 is 0. The topological polar surface area (TPSA) is 131 Å². The number of nitrogens with zero attached hydrogens (tertiary/aromatic N) is 6. The number of halogens is 4. The van der Waals surface area contributed by atoms with Crippen LogP contribution in [0.3, 0.4) is 0 Å². The predicted octanol–water partition coefficient (Wildman–Crippen LogP) is 4.08. The van der Waals surface area contributed by atoms with Gasteiger partial charge in [0, 0.05) is 50.7 Å². The maximum atomic E-state index is 14.0. The number of fused-ring (bicyclic) bond motifs is 2. The lowest BCUT2D eigenvalue weighted by Crippen LogP contribution is -2.52. The number of amides is 3. The van der Waals surface area contributed by atoms with Crippen molar-refractivity contribution in [3.63, 3.8) is 0 Å². The lowest BCUT2D eigenvalue weighted by atomic mass is 9.70. The van der Waals surface area contributed by atoms with E-state index in [1.165, 1.54) is 9.42 Å². The predicted molar refractivity (Wildman–Crippen MR) is 137 cm³/mol. The maximum absolute atomic E-state index is 14.0. The molecule has 3 aliphatic carbocycles. The highest BCUT2D eigenvalue weighted by Gasteiger charge is 2.57. The molecular weight excluding hydrogens is 560 g/mol. The van der Waals surface area contributed by atoms with Crippen molar-refractivity contribution in [3.8, 4) is 0 Å². The van der Waals surface area contributed by atoms with Crippen molar-refractivity contribution in [2.75, 3.05) is 13.1 Å². The fraction of sp³-hybridized carbons (Fsp3) is 0.630. The zero-order valence-electron chi connectivity index (χ0n) is 22.6. The van der Waals surface area contributed by atoms with Crippen molar-refractivity contribution in [1.29, 1.82) is 0 Å². The lowest BCUT2D eigenvalue weighted by molar-refractivity contribution is -0.170. The van der Waals surface area contributed by atoms with E-state index in [9.17, 15) is 27.2 Å². The number of carbonyl (C=O) groups excluding carboxylic acids is 2. The summed E-state index contributed by atoms with van der Waals surface area (Å²) < 4.78 is 62.2. The molecule has 2 N–H and O–H groups in total. The van der Waals surface area contributed by atoms with Crippen LogP contribution in [0.1, 0.15) is 84.3 Å². The lowest BCUT2D eigenvalue weighted by Gasteiger charge is -2.43. The van der Waals surface area contributed by atoms with E-state index in [1.807, 2.05) is 0 Å². The molecule has 0 radical (unpaired) electrons. The Balaban J connectivity index is 1.12. The van der Waals surface area contributed by atoms with Crippen LogP contribution in [0.25, 0.3) is 5.65 Å². The molecule has 3 aromatic heterocycles. The van der Waals surface area contributed by atoms with Crippen LogP contribution in [0.4, 0.5) is 22.4 Å². The van der Waals surface area contributed by atoms with Gasteiger partial charge >= 0.3 is 6.03 Å². The van der Waals surface area contributed by atoms with Gasteiger partial charge in [-0.05, 0) is 54.3 Å². The molecule has 3 amide bonds. The van der Waals surface area contributed by atoms with E-state index >= 15 is 0 Å². The highest BCUT2D eigenvalue weighted by molar-refractivity contribution is 5.93. The second-order valence-electron chi connectivity index (χ2n) is 12.1. The van der Waals surface area contributed by atoms with Gasteiger partial charge in [-0.15, -0.1) is 0 Å². The van der Waals surface area contributed by atoms with E-state index in [4.69, 9.17) is 9.61 Å². The van der Waals surface area contributed by atoms with Gasteiger partial charge < -0.3 is 15.5 Å². The van der Waals surface area contributed by atoms with E-state index in [1.54, 1.807) is 18.5 Å². The van der Waals surface area contributed by atoms with Gasteiger partial charge in [-0.1, -0.05) is 5.16 Å². The first-order chi connectivity index (χ1) is 20.1. The highest BCUT2D eigenvalue weighted by atomic mass is 19.3. The Hall–Kier alpha value is -3.78. The van der Waals surface area contributed by atoms with Crippen molar-refractivity contribution in [2.24, 2.45) is 17.8 Å². The summed E-state index contributed by atoms with van der Waals surface area (Å²) in [6, 6.07) is 0.646. The van der Waals surface area contributed by atoms with Gasteiger partial charge in [-0.3, -0.25) is 4.79 Å². The Labute approximate surface area is 237 Å². The van der Waals surface area contributed by atoms with E-state index in [-0.39, 0.29) is 75.2 Å². The number of alkyl halides is 4. The standard InChI is InChI=1S/C27H30F4N8O3/c28-26(29)5-3-16(4-6-26)21(35-24(40)23-22(15-1-2-15)36-42-37-23)19-13-39-20(34-19)7-14(9-33-39)11-38-12-17-8-27(30,31)18(17)10-32-25(38)41/h7,9,13,15-18,21H,1-6,8,10-12H2,(H,32,41)(H,35,40)/t17?,18-,21+/m1/s1. The number of hydrogen-bond acceptors (Lipinski definition) is 7. The SMILES string of the molecule is O=C(N[C@H](c1cn2ncc(CN3CC4CC(F)(F)[C@@H]4CNC3=O)cc2n1)C1CCC(F)(F)CC1)c1nonc1C1CC1. The Kier molecular flexibility index (Phi) is 6.38. The number of hydrogen-bond donors (Lipinski definition) is 2. The van der Waals surface area contributed by atoms with Gasteiger partial charge in [-0.2, -0.15) is 5.10 Å². The fourth-order valence-electron chi connectivity index (χ4n) is 6.55. The molecule has 0 spiro atoms. The molecule has 3 aromatic rings. The zero-order valence-corrected chi connectivity index (χ0v) is 22.6. The molecule has 224 valence electrons. The molecule has 1 unspecified atom stereocenters. The minimum Gasteiger partial charge on any atom is -0.342 e. The smallest absolute Gasteiger partial charge is 0.317 e. The minimum atomic E-state index is -2.76. The maximum Gasteiger partial charge on any atom is 0.317 e. The molecule has 42 heavy (non-hydrogen) atoms. The van der Waals surface area contributed by atoms with Crippen LogP contribution >= 0.6 is 0 Å². The van der Waals surface area contributed by atoms with Crippen LogP contribution in [-0.4, -0.2) is 66.7 Å². The Morgan fingerprint density at radius 2 is 1.95 bits per heavy atom. The van der Waals surface area contributed by atoms with Crippen LogP contribution in [0.2, 0.25) is 0 Å². The first-order valence-electron chi connectivity index (χ1n) is 14.3. The average molecular weight is 591 g/mol. The Bertz CT molecular complexity index is 1510. The molecule has 4 fully saturated rings. The molecule has 7 rings (SSSR count). The quantitative estimate of drug-likeness (QED) is 0.397. The number of imidazole rings is 1. The first-order valence-corrected chi connectivity index (χ1v) is 14.3. The van der Waals surface area contributed by atoms with Gasteiger partial charge in [-0.25, -0.2) is 36.5 Å². The molecule has 4 aliphatic rings. The van der Waals surface area contributed by atoms with Gasteiger partial charge in [0.25, 0.3) is 11.8 Å². The minimum absolute atomic E-state index is 0.0549. The normalized spacial score (nSPS) is 26.2. The highest BCUT2D eigenvalue weighted by Crippen LogP contribution is 2.49. The summed E-state index contributed by atoms with van der Waals surface area (Å²) in [5.74, 6) is -7.31. The molecule has 15 heteroatoms.